The maximum Gasteiger partial charge on any atom is 0.131 e. The normalized spacial score (nSPS) is 11.4. The Morgan fingerprint density at radius 2 is 1.81 bits per heavy atom. The topological polar surface area (TPSA) is 25.2 Å². The van der Waals surface area contributed by atoms with Gasteiger partial charge in [-0.25, -0.2) is 0 Å². The highest BCUT2D eigenvalue weighted by atomic mass is 79.9. The molecule has 2 aromatic carbocycles. The quantitative estimate of drug-likeness (QED) is 0.663. The van der Waals surface area contributed by atoms with Gasteiger partial charge in [-0.2, -0.15) is 0 Å². The Kier molecular flexibility index (Phi) is 1.98. The molecule has 1 heterocycles. The lowest BCUT2D eigenvalue weighted by Gasteiger charge is -1.99. The minimum Gasteiger partial charge on any atom is -0.507 e. The summed E-state index contributed by atoms with van der Waals surface area (Å²) in [6.45, 7) is 0. The fourth-order valence-corrected chi connectivity index (χ4v) is 2.51. The molecule has 3 heteroatoms. The van der Waals surface area contributed by atoms with E-state index in [2.05, 4.69) is 32.6 Å². The molecule has 0 bridgehead atoms. The van der Waals surface area contributed by atoms with Crippen molar-refractivity contribution in [2.75, 3.05) is 0 Å². The summed E-state index contributed by atoms with van der Waals surface area (Å²) < 4.78 is 2.83. The van der Waals surface area contributed by atoms with Crippen LogP contribution in [0.2, 0.25) is 0 Å². The number of fused-ring (bicyclic) bond motifs is 3. The molecule has 0 aliphatic heterocycles. The first kappa shape index (κ1) is 9.73. The van der Waals surface area contributed by atoms with Crippen LogP contribution in [-0.4, -0.2) is 9.67 Å². The van der Waals surface area contributed by atoms with Crippen molar-refractivity contribution in [1.82, 2.24) is 4.57 Å². The summed E-state index contributed by atoms with van der Waals surface area (Å²) in [6.07, 6.45) is 0. The zero-order valence-electron chi connectivity index (χ0n) is 8.74. The summed E-state index contributed by atoms with van der Waals surface area (Å²) in [7, 11) is 2.01. The molecule has 0 spiro atoms. The average molecular weight is 276 g/mol. The van der Waals surface area contributed by atoms with Gasteiger partial charge < -0.3 is 9.67 Å². The number of phenolic OH excluding ortho intramolecular Hbond substituents is 1. The highest BCUT2D eigenvalue weighted by molar-refractivity contribution is 9.10. The third-order valence-electron chi connectivity index (χ3n) is 2.98. The first-order chi connectivity index (χ1) is 7.68. The largest absolute Gasteiger partial charge is 0.507 e. The van der Waals surface area contributed by atoms with Crippen molar-refractivity contribution in [3.63, 3.8) is 0 Å². The highest BCUT2D eigenvalue weighted by Crippen LogP contribution is 2.34. The van der Waals surface area contributed by atoms with Gasteiger partial charge >= 0.3 is 0 Å². The SMILES string of the molecule is Cn1c2ccccc2c2cc(Br)c(O)cc21. The fourth-order valence-electron chi connectivity index (χ4n) is 2.17. The van der Waals surface area contributed by atoms with Crippen LogP contribution >= 0.6 is 15.9 Å². The number of nitrogens with zero attached hydrogens (tertiary/aromatic N) is 1. The minimum absolute atomic E-state index is 0.276. The van der Waals surface area contributed by atoms with E-state index >= 15 is 0 Å². The van der Waals surface area contributed by atoms with Gasteiger partial charge in [0, 0.05) is 29.4 Å². The third-order valence-corrected chi connectivity index (χ3v) is 3.62. The van der Waals surface area contributed by atoms with Crippen molar-refractivity contribution in [3.8, 4) is 5.75 Å². The van der Waals surface area contributed by atoms with Gasteiger partial charge in [0.05, 0.1) is 9.99 Å². The summed E-state index contributed by atoms with van der Waals surface area (Å²) >= 11 is 3.35. The molecule has 3 rings (SSSR count). The van der Waals surface area contributed by atoms with Crippen LogP contribution in [0.1, 0.15) is 0 Å². The molecule has 0 fully saturated rings. The molecule has 1 aromatic heterocycles. The van der Waals surface area contributed by atoms with Gasteiger partial charge in [-0.1, -0.05) is 18.2 Å². The van der Waals surface area contributed by atoms with Crippen molar-refractivity contribution in [2.24, 2.45) is 7.05 Å². The van der Waals surface area contributed by atoms with E-state index in [1.54, 1.807) is 6.07 Å². The van der Waals surface area contributed by atoms with Gasteiger partial charge in [0.1, 0.15) is 5.75 Å². The summed E-state index contributed by atoms with van der Waals surface area (Å²) in [5, 5.41) is 12.1. The van der Waals surface area contributed by atoms with Gasteiger partial charge in [-0.3, -0.25) is 0 Å². The molecule has 16 heavy (non-hydrogen) atoms. The van der Waals surface area contributed by atoms with Crippen molar-refractivity contribution in [3.05, 3.63) is 40.9 Å². The maximum atomic E-state index is 9.71. The molecule has 0 saturated carbocycles. The van der Waals surface area contributed by atoms with Gasteiger partial charge in [-0.05, 0) is 28.1 Å². The Morgan fingerprint density at radius 3 is 2.62 bits per heavy atom. The third kappa shape index (κ3) is 1.18. The Balaban J connectivity index is 2.62. The number of halogens is 1. The lowest BCUT2D eigenvalue weighted by atomic mass is 10.1. The van der Waals surface area contributed by atoms with Crippen molar-refractivity contribution in [2.45, 2.75) is 0 Å². The predicted octanol–water partition coefficient (Wildman–Crippen LogP) is 3.80. The average Bonchev–Trinajstić information content (AvgIpc) is 2.55. The Bertz CT molecular complexity index is 700. The molecule has 0 aliphatic carbocycles. The molecule has 0 unspecified atom stereocenters. The second-order valence-corrected chi connectivity index (χ2v) is 4.75. The van der Waals surface area contributed by atoms with Crippen LogP contribution in [0, 0.1) is 0 Å². The maximum absolute atomic E-state index is 9.71. The van der Waals surface area contributed by atoms with Crippen LogP contribution in [0.25, 0.3) is 21.8 Å². The summed E-state index contributed by atoms with van der Waals surface area (Å²) in [5.41, 5.74) is 2.22. The number of benzene rings is 2. The number of hydrogen-bond donors (Lipinski definition) is 1. The molecule has 0 atom stereocenters. The lowest BCUT2D eigenvalue weighted by Crippen LogP contribution is -1.85. The number of aromatic hydroxyl groups is 1. The van der Waals surface area contributed by atoms with Crippen molar-refractivity contribution in [1.29, 1.82) is 0 Å². The van der Waals surface area contributed by atoms with Crippen LogP contribution in [0.15, 0.2) is 40.9 Å². The van der Waals surface area contributed by atoms with Crippen molar-refractivity contribution >= 4 is 37.7 Å². The molecule has 0 saturated heterocycles. The Morgan fingerprint density at radius 1 is 1.06 bits per heavy atom. The van der Waals surface area contributed by atoms with E-state index in [-0.39, 0.29) is 5.75 Å². The van der Waals surface area contributed by atoms with E-state index in [9.17, 15) is 5.11 Å². The first-order valence-electron chi connectivity index (χ1n) is 5.04. The predicted molar refractivity (Wildman–Crippen MR) is 69.8 cm³/mol. The fraction of sp³-hybridized carbons (Fsp3) is 0.0769. The number of phenols is 1. The zero-order valence-corrected chi connectivity index (χ0v) is 10.3. The van der Waals surface area contributed by atoms with Crippen LogP contribution in [0.4, 0.5) is 0 Å². The number of para-hydroxylation sites is 1. The van der Waals surface area contributed by atoms with Crippen LogP contribution in [-0.2, 0) is 7.05 Å². The van der Waals surface area contributed by atoms with Crippen molar-refractivity contribution < 1.29 is 5.11 Å². The summed E-state index contributed by atoms with van der Waals surface area (Å²) in [4.78, 5) is 0. The smallest absolute Gasteiger partial charge is 0.131 e. The molecular formula is C13H10BrNO. The molecule has 0 aliphatic rings. The van der Waals surface area contributed by atoms with Crippen LogP contribution in [0.5, 0.6) is 5.75 Å². The zero-order chi connectivity index (χ0) is 11.3. The molecular weight excluding hydrogens is 266 g/mol. The van der Waals surface area contributed by atoms with E-state index in [0.29, 0.717) is 0 Å². The van der Waals surface area contributed by atoms with E-state index in [0.717, 1.165) is 15.4 Å². The molecule has 0 amide bonds. The first-order valence-corrected chi connectivity index (χ1v) is 5.83. The molecule has 3 aromatic rings. The van der Waals surface area contributed by atoms with Gasteiger partial charge in [0.15, 0.2) is 0 Å². The van der Waals surface area contributed by atoms with E-state index < -0.39 is 0 Å². The second kappa shape index (κ2) is 3.25. The van der Waals surface area contributed by atoms with E-state index in [1.165, 1.54) is 10.9 Å². The van der Waals surface area contributed by atoms with E-state index in [4.69, 9.17) is 0 Å². The molecule has 0 radical (unpaired) electrons. The number of hydrogen-bond acceptors (Lipinski definition) is 1. The number of rotatable bonds is 0. The van der Waals surface area contributed by atoms with Gasteiger partial charge in [-0.15, -0.1) is 0 Å². The molecule has 1 N–H and O–H groups in total. The van der Waals surface area contributed by atoms with Crippen LogP contribution < -0.4 is 0 Å². The highest BCUT2D eigenvalue weighted by Gasteiger charge is 2.09. The monoisotopic (exact) mass is 275 g/mol. The minimum atomic E-state index is 0.276. The Labute approximate surface area is 101 Å². The number of aromatic nitrogens is 1. The lowest BCUT2D eigenvalue weighted by molar-refractivity contribution is 0.472. The summed E-state index contributed by atoms with van der Waals surface area (Å²) in [6, 6.07) is 12.0. The standard InChI is InChI=1S/C13H10BrNO/c1-15-11-5-3-2-4-8(11)9-6-10(14)13(16)7-12(9)15/h2-7,16H,1H3. The summed E-state index contributed by atoms with van der Waals surface area (Å²) in [5.74, 6) is 0.276. The van der Waals surface area contributed by atoms with Gasteiger partial charge in [0.25, 0.3) is 0 Å². The van der Waals surface area contributed by atoms with E-state index in [1.807, 2.05) is 25.2 Å². The second-order valence-electron chi connectivity index (χ2n) is 3.90. The number of aryl methyl sites for hydroxylation is 1. The molecule has 2 nitrogen and oxygen atoms in total. The van der Waals surface area contributed by atoms with Gasteiger partial charge in [0.2, 0.25) is 0 Å². The molecule has 80 valence electrons. The van der Waals surface area contributed by atoms with Crippen LogP contribution in [0.3, 0.4) is 0 Å². The Hall–Kier alpha value is -1.48.